The first kappa shape index (κ1) is 30.7. The van der Waals surface area contributed by atoms with Crippen LogP contribution in [0.3, 0.4) is 0 Å². The van der Waals surface area contributed by atoms with Gasteiger partial charge in [-0.1, -0.05) is 51.2 Å². The Kier molecular flexibility index (Phi) is 26.6. The molecule has 0 atom stereocenters. The van der Waals surface area contributed by atoms with Crippen LogP contribution >= 0.6 is 0 Å². The number of allylic oxidation sites excluding steroid dienone is 4. The van der Waals surface area contributed by atoms with E-state index in [4.69, 9.17) is 5.73 Å². The molecule has 2 rings (SSSR count). The molecule has 0 unspecified atom stereocenters. The van der Waals surface area contributed by atoms with Crippen molar-refractivity contribution in [3.05, 3.63) is 65.4 Å². The van der Waals surface area contributed by atoms with E-state index < -0.39 is 5.91 Å². The van der Waals surface area contributed by atoms with Crippen molar-refractivity contribution in [1.82, 2.24) is 0 Å². The van der Waals surface area contributed by atoms with Gasteiger partial charge >= 0.3 is 26.2 Å². The van der Waals surface area contributed by atoms with Crippen molar-refractivity contribution in [2.45, 2.75) is 39.3 Å². The largest absolute Gasteiger partial charge is 4.00 e. The average Bonchev–Trinajstić information content (AvgIpc) is 2.98. The second-order valence-electron chi connectivity index (χ2n) is 4.57. The van der Waals surface area contributed by atoms with Crippen LogP contribution in [0, 0.1) is 6.08 Å². The molecule has 1 aliphatic rings. The number of carbonyl (C=O) groups excluding carboxylic acids is 1. The summed E-state index contributed by atoms with van der Waals surface area (Å²) in [5.41, 5.74) is 8.49. The Morgan fingerprint density at radius 1 is 1.22 bits per heavy atom. The molecular formula is C17H23Cl2NOSiZr. The number of benzene rings is 1. The maximum absolute atomic E-state index is 10.8. The van der Waals surface area contributed by atoms with Crippen LogP contribution in [-0.2, 0) is 26.2 Å². The third-order valence-corrected chi connectivity index (χ3v) is 2.41. The average molecular weight is 448 g/mol. The zero-order valence-electron chi connectivity index (χ0n) is 14.0. The summed E-state index contributed by atoms with van der Waals surface area (Å²) < 4.78 is 0. The maximum atomic E-state index is 10.8. The second kappa shape index (κ2) is 19.9. The van der Waals surface area contributed by atoms with E-state index in [1.54, 1.807) is 12.1 Å². The van der Waals surface area contributed by atoms with Crippen molar-refractivity contribution in [3.8, 4) is 0 Å². The standard InChI is InChI=1S/C10H13NO.C5H5.C2H6Si.2ClH.Zr/c1-7(2)8-5-3-4-6-9(8)10(11)12;1-2-4-5-3-1;1-3-2;;;/h3-7H,1-2H3,(H2,11,12);1-3H,4H2;1-2H3;2*1H;/q;-1;;;;+4/p-3. The monoisotopic (exact) mass is 445 g/mol. The van der Waals surface area contributed by atoms with Gasteiger partial charge in [0, 0.05) is 15.1 Å². The van der Waals surface area contributed by atoms with E-state index in [0.29, 0.717) is 11.5 Å². The van der Waals surface area contributed by atoms with Crippen LogP contribution in [0.4, 0.5) is 0 Å². The SMILES string of the molecule is CC(C)c1ccccc1C([NH-])=O.C[Si]C.[C-]1=CC=CC1.[Cl-].[Cl-].[Zr+4]. The van der Waals surface area contributed by atoms with Gasteiger partial charge in [0.25, 0.3) is 0 Å². The summed E-state index contributed by atoms with van der Waals surface area (Å²) in [6, 6.07) is 7.27. The minimum atomic E-state index is -0.598. The number of amides is 1. The van der Waals surface area contributed by atoms with Gasteiger partial charge < -0.3 is 35.3 Å². The summed E-state index contributed by atoms with van der Waals surface area (Å²) in [6.07, 6.45) is 10.0. The van der Waals surface area contributed by atoms with E-state index in [1.165, 1.54) is 0 Å². The van der Waals surface area contributed by atoms with Crippen LogP contribution in [0.1, 0.15) is 42.1 Å². The van der Waals surface area contributed by atoms with Crippen molar-refractivity contribution in [3.63, 3.8) is 0 Å². The van der Waals surface area contributed by atoms with Gasteiger partial charge in [0.15, 0.2) is 0 Å². The molecule has 1 aromatic rings. The third kappa shape index (κ3) is 15.1. The molecule has 2 nitrogen and oxygen atoms in total. The van der Waals surface area contributed by atoms with E-state index in [0.717, 1.165) is 21.5 Å². The molecule has 0 bridgehead atoms. The number of nitrogens with one attached hydrogen (secondary N) is 1. The first-order chi connectivity index (χ1) is 9.54. The quantitative estimate of drug-likeness (QED) is 0.428. The molecule has 1 N–H and O–H groups in total. The van der Waals surface area contributed by atoms with Crippen molar-refractivity contribution in [2.24, 2.45) is 0 Å². The molecule has 0 saturated heterocycles. The summed E-state index contributed by atoms with van der Waals surface area (Å²) in [5.74, 6) is -0.296. The zero-order chi connectivity index (χ0) is 15.4. The molecule has 0 aliphatic heterocycles. The first-order valence-corrected chi connectivity index (χ1v) is 8.69. The molecule has 0 fully saturated rings. The first-order valence-electron chi connectivity index (χ1n) is 6.69. The van der Waals surface area contributed by atoms with Gasteiger partial charge in [-0.25, -0.2) is 12.2 Å². The molecule has 0 saturated carbocycles. The minimum absolute atomic E-state index is 0. The van der Waals surface area contributed by atoms with Gasteiger partial charge in [0.2, 0.25) is 0 Å². The maximum Gasteiger partial charge on any atom is 4.00 e. The predicted molar refractivity (Wildman–Crippen MR) is 88.2 cm³/mol. The van der Waals surface area contributed by atoms with Gasteiger partial charge in [0.1, 0.15) is 0 Å². The van der Waals surface area contributed by atoms with Crippen LogP contribution in [0.25, 0.3) is 5.73 Å². The Morgan fingerprint density at radius 2 is 1.74 bits per heavy atom. The van der Waals surface area contributed by atoms with Gasteiger partial charge in [-0.2, -0.15) is 6.08 Å². The molecule has 2 radical (unpaired) electrons. The van der Waals surface area contributed by atoms with Crippen molar-refractivity contribution in [2.75, 3.05) is 0 Å². The second-order valence-corrected chi connectivity index (χ2v) is 5.57. The van der Waals surface area contributed by atoms with Crippen LogP contribution in [-0.4, -0.2) is 15.4 Å². The molecule has 124 valence electrons. The fraction of sp³-hybridized carbons (Fsp3) is 0.353. The van der Waals surface area contributed by atoms with Gasteiger partial charge in [-0.15, -0.1) is 6.42 Å². The van der Waals surface area contributed by atoms with Crippen molar-refractivity contribution < 1.29 is 55.8 Å². The van der Waals surface area contributed by atoms with E-state index in [-0.39, 0.29) is 51.0 Å². The Labute approximate surface area is 175 Å². The number of halogens is 2. The minimum Gasteiger partial charge on any atom is -1.00 e. The van der Waals surface area contributed by atoms with Gasteiger partial charge in [-0.05, 0) is 11.5 Å². The Morgan fingerprint density at radius 3 is 2.00 bits per heavy atom. The summed E-state index contributed by atoms with van der Waals surface area (Å²) >= 11 is 0. The Bertz CT molecular complexity index is 456. The normalized spacial score (nSPS) is 9.96. The molecule has 1 aromatic carbocycles. The Hall–Kier alpha value is -0.150. The van der Waals surface area contributed by atoms with Crippen molar-refractivity contribution in [1.29, 1.82) is 0 Å². The number of hydrogen-bond donors (Lipinski definition) is 0. The Balaban J connectivity index is -0.000000140. The molecule has 6 heteroatoms. The molecule has 1 aliphatic carbocycles. The van der Waals surface area contributed by atoms with Crippen LogP contribution in [0.5, 0.6) is 0 Å². The van der Waals surface area contributed by atoms with E-state index in [9.17, 15) is 4.79 Å². The van der Waals surface area contributed by atoms with Crippen molar-refractivity contribution >= 4 is 15.4 Å². The van der Waals surface area contributed by atoms with Crippen LogP contribution in [0.2, 0.25) is 13.1 Å². The van der Waals surface area contributed by atoms with Gasteiger partial charge in [-0.3, -0.25) is 6.08 Å². The van der Waals surface area contributed by atoms with E-state index >= 15 is 0 Å². The fourth-order valence-corrected chi connectivity index (χ4v) is 1.55. The van der Waals surface area contributed by atoms with E-state index in [1.807, 2.05) is 38.1 Å². The number of carbonyl (C=O) groups is 1. The predicted octanol–water partition coefficient (Wildman–Crippen LogP) is -0.900. The van der Waals surface area contributed by atoms with Crippen LogP contribution < -0.4 is 24.8 Å². The fourth-order valence-electron chi connectivity index (χ4n) is 1.55. The third-order valence-electron chi connectivity index (χ3n) is 2.41. The van der Waals surface area contributed by atoms with E-state index in [2.05, 4.69) is 25.2 Å². The summed E-state index contributed by atoms with van der Waals surface area (Å²) in [7, 11) is 1.08. The summed E-state index contributed by atoms with van der Waals surface area (Å²) in [4.78, 5) is 10.8. The number of rotatable bonds is 2. The molecular weight excluding hydrogens is 424 g/mol. The molecule has 0 heterocycles. The van der Waals surface area contributed by atoms with Gasteiger partial charge in [0.05, 0.1) is 5.91 Å². The van der Waals surface area contributed by atoms with Crippen LogP contribution in [0.15, 0.2) is 42.5 Å². The molecule has 23 heavy (non-hydrogen) atoms. The number of hydrogen-bond acceptors (Lipinski definition) is 1. The molecule has 0 aromatic heterocycles. The zero-order valence-corrected chi connectivity index (χ0v) is 19.0. The molecule has 1 amide bonds. The summed E-state index contributed by atoms with van der Waals surface area (Å²) in [5, 5.41) is 0. The summed E-state index contributed by atoms with van der Waals surface area (Å²) in [6.45, 7) is 8.34. The smallest absolute Gasteiger partial charge is 1.00 e. The molecule has 0 spiro atoms. The topological polar surface area (TPSA) is 40.9 Å².